The van der Waals surface area contributed by atoms with Crippen LogP contribution < -0.4 is 4.74 Å². The fraction of sp³-hybridized carbons (Fsp3) is 0.0769. The molecule has 0 bridgehead atoms. The zero-order valence-electron chi connectivity index (χ0n) is 9.55. The highest BCUT2D eigenvalue weighted by Gasteiger charge is 2.10. The number of aromatic carboxylic acids is 1. The summed E-state index contributed by atoms with van der Waals surface area (Å²) in [5.74, 6) is -0.348. The quantitative estimate of drug-likeness (QED) is 0.920. The van der Waals surface area contributed by atoms with Crippen LogP contribution in [0.25, 0.3) is 0 Å². The zero-order chi connectivity index (χ0) is 13.1. The summed E-state index contributed by atoms with van der Waals surface area (Å²) >= 11 is 5.82. The van der Waals surface area contributed by atoms with Crippen LogP contribution in [0.4, 0.5) is 0 Å². The Morgan fingerprint density at radius 1 is 1.33 bits per heavy atom. The van der Waals surface area contributed by atoms with Gasteiger partial charge in [-0.3, -0.25) is 0 Å². The maximum absolute atomic E-state index is 10.9. The van der Waals surface area contributed by atoms with Crippen molar-refractivity contribution in [2.75, 3.05) is 0 Å². The lowest BCUT2D eigenvalue weighted by molar-refractivity contribution is 0.0688. The molecule has 0 amide bonds. The lowest BCUT2D eigenvalue weighted by atomic mass is 10.2. The average molecular weight is 264 g/mol. The van der Waals surface area contributed by atoms with E-state index in [2.05, 4.69) is 4.98 Å². The van der Waals surface area contributed by atoms with Gasteiger partial charge in [-0.05, 0) is 30.7 Å². The maximum atomic E-state index is 10.9. The van der Waals surface area contributed by atoms with Gasteiger partial charge in [-0.15, -0.1) is 0 Å². The molecule has 0 atom stereocenters. The van der Waals surface area contributed by atoms with Crippen molar-refractivity contribution in [2.24, 2.45) is 0 Å². The van der Waals surface area contributed by atoms with E-state index in [0.29, 0.717) is 16.3 Å². The van der Waals surface area contributed by atoms with Gasteiger partial charge in [-0.25, -0.2) is 9.78 Å². The van der Waals surface area contributed by atoms with Crippen LogP contribution in [0.5, 0.6) is 11.6 Å². The highest BCUT2D eigenvalue weighted by Crippen LogP contribution is 2.23. The number of nitrogens with zero attached hydrogens (tertiary/aromatic N) is 1. The standard InChI is InChI=1S/C13H10ClNO3/c1-8-5-6-11(15-12(8)13(16)17)18-10-4-2-3-9(14)7-10/h2-7H,1H3,(H,16,17). The van der Waals surface area contributed by atoms with Gasteiger partial charge in [0.15, 0.2) is 5.69 Å². The Hall–Kier alpha value is -2.07. The summed E-state index contributed by atoms with van der Waals surface area (Å²) in [5.41, 5.74) is 0.565. The molecule has 0 fully saturated rings. The van der Waals surface area contributed by atoms with Gasteiger partial charge in [0.1, 0.15) is 5.75 Å². The van der Waals surface area contributed by atoms with Gasteiger partial charge in [0.25, 0.3) is 0 Å². The number of ether oxygens (including phenoxy) is 1. The normalized spacial score (nSPS) is 10.1. The van der Waals surface area contributed by atoms with Crippen molar-refractivity contribution in [3.8, 4) is 11.6 Å². The molecule has 1 aromatic heterocycles. The molecule has 1 aromatic carbocycles. The minimum Gasteiger partial charge on any atom is -0.477 e. The van der Waals surface area contributed by atoms with Gasteiger partial charge < -0.3 is 9.84 Å². The summed E-state index contributed by atoms with van der Waals surface area (Å²) in [6.07, 6.45) is 0. The number of pyridine rings is 1. The van der Waals surface area contributed by atoms with Crippen molar-refractivity contribution in [3.63, 3.8) is 0 Å². The fourth-order valence-corrected chi connectivity index (χ4v) is 1.62. The first-order valence-electron chi connectivity index (χ1n) is 5.20. The largest absolute Gasteiger partial charge is 0.477 e. The summed E-state index contributed by atoms with van der Waals surface area (Å²) in [7, 11) is 0. The zero-order valence-corrected chi connectivity index (χ0v) is 10.3. The summed E-state index contributed by atoms with van der Waals surface area (Å²) in [5, 5.41) is 9.50. The van der Waals surface area contributed by atoms with E-state index in [1.807, 2.05) is 0 Å². The van der Waals surface area contributed by atoms with Crippen LogP contribution in [-0.2, 0) is 0 Å². The monoisotopic (exact) mass is 263 g/mol. The first-order valence-corrected chi connectivity index (χ1v) is 5.58. The molecular formula is C13H10ClNO3. The molecule has 0 saturated carbocycles. The van der Waals surface area contributed by atoms with Gasteiger partial charge in [-0.2, -0.15) is 0 Å². The van der Waals surface area contributed by atoms with Gasteiger partial charge >= 0.3 is 5.97 Å². The number of aryl methyl sites for hydroxylation is 1. The van der Waals surface area contributed by atoms with Crippen molar-refractivity contribution < 1.29 is 14.6 Å². The lowest BCUT2D eigenvalue weighted by Crippen LogP contribution is -2.04. The predicted octanol–water partition coefficient (Wildman–Crippen LogP) is 3.53. The van der Waals surface area contributed by atoms with E-state index in [0.717, 1.165) is 0 Å². The smallest absolute Gasteiger partial charge is 0.354 e. The Morgan fingerprint density at radius 3 is 2.78 bits per heavy atom. The molecule has 4 nitrogen and oxygen atoms in total. The highest BCUT2D eigenvalue weighted by atomic mass is 35.5. The van der Waals surface area contributed by atoms with E-state index >= 15 is 0 Å². The van der Waals surface area contributed by atoms with E-state index in [-0.39, 0.29) is 11.6 Å². The Balaban J connectivity index is 2.30. The fourth-order valence-electron chi connectivity index (χ4n) is 1.44. The minimum absolute atomic E-state index is 0.0190. The summed E-state index contributed by atoms with van der Waals surface area (Å²) < 4.78 is 5.45. The van der Waals surface area contributed by atoms with Crippen LogP contribution in [-0.4, -0.2) is 16.1 Å². The van der Waals surface area contributed by atoms with Crippen LogP contribution in [0.1, 0.15) is 16.1 Å². The number of benzene rings is 1. The Morgan fingerprint density at radius 2 is 2.11 bits per heavy atom. The second-order valence-corrected chi connectivity index (χ2v) is 4.12. The number of carboxylic acid groups (broad SMARTS) is 1. The number of carbonyl (C=O) groups is 1. The molecular weight excluding hydrogens is 254 g/mol. The Kier molecular flexibility index (Phi) is 3.48. The summed E-state index contributed by atoms with van der Waals surface area (Å²) in [4.78, 5) is 14.9. The molecule has 1 heterocycles. The number of carboxylic acids is 1. The van der Waals surface area contributed by atoms with E-state index in [4.69, 9.17) is 21.4 Å². The number of rotatable bonds is 3. The van der Waals surface area contributed by atoms with Gasteiger partial charge in [0.2, 0.25) is 5.88 Å². The van der Waals surface area contributed by atoms with Crippen molar-refractivity contribution >= 4 is 17.6 Å². The molecule has 18 heavy (non-hydrogen) atoms. The number of halogens is 1. The molecule has 2 rings (SSSR count). The van der Waals surface area contributed by atoms with E-state index < -0.39 is 5.97 Å². The molecule has 0 saturated heterocycles. The first kappa shape index (κ1) is 12.4. The summed E-state index contributed by atoms with van der Waals surface area (Å²) in [6, 6.07) is 10.1. The third kappa shape index (κ3) is 2.78. The number of hydrogen-bond donors (Lipinski definition) is 1. The minimum atomic E-state index is -1.08. The van der Waals surface area contributed by atoms with Crippen LogP contribution in [0, 0.1) is 6.92 Å². The van der Waals surface area contributed by atoms with Crippen LogP contribution in [0.2, 0.25) is 5.02 Å². The molecule has 0 unspecified atom stereocenters. The third-order valence-corrected chi connectivity index (χ3v) is 2.53. The van der Waals surface area contributed by atoms with Gasteiger partial charge in [0.05, 0.1) is 0 Å². The molecule has 92 valence electrons. The maximum Gasteiger partial charge on any atom is 0.354 e. The molecule has 5 heteroatoms. The number of hydrogen-bond acceptors (Lipinski definition) is 3. The van der Waals surface area contributed by atoms with Crippen molar-refractivity contribution in [3.05, 3.63) is 52.7 Å². The van der Waals surface area contributed by atoms with E-state index in [1.54, 1.807) is 43.3 Å². The van der Waals surface area contributed by atoms with Crippen LogP contribution in [0.15, 0.2) is 36.4 Å². The van der Waals surface area contributed by atoms with Crippen LogP contribution >= 0.6 is 11.6 Å². The Bertz CT molecular complexity index is 599. The molecule has 0 aliphatic rings. The molecule has 0 aliphatic heterocycles. The second kappa shape index (κ2) is 5.06. The van der Waals surface area contributed by atoms with Crippen molar-refractivity contribution in [1.29, 1.82) is 0 Å². The van der Waals surface area contributed by atoms with Crippen LogP contribution in [0.3, 0.4) is 0 Å². The van der Waals surface area contributed by atoms with Gasteiger partial charge in [-0.1, -0.05) is 23.7 Å². The average Bonchev–Trinajstić information content (AvgIpc) is 2.31. The Labute approximate surface area is 109 Å². The number of aromatic nitrogens is 1. The van der Waals surface area contributed by atoms with E-state index in [1.165, 1.54) is 0 Å². The van der Waals surface area contributed by atoms with E-state index in [9.17, 15) is 4.79 Å². The molecule has 2 aromatic rings. The SMILES string of the molecule is Cc1ccc(Oc2cccc(Cl)c2)nc1C(=O)O. The van der Waals surface area contributed by atoms with Crippen molar-refractivity contribution in [2.45, 2.75) is 6.92 Å². The molecule has 0 spiro atoms. The molecule has 1 N–H and O–H groups in total. The molecule has 0 aliphatic carbocycles. The third-order valence-electron chi connectivity index (χ3n) is 2.29. The topological polar surface area (TPSA) is 59.4 Å². The second-order valence-electron chi connectivity index (χ2n) is 3.68. The van der Waals surface area contributed by atoms with Crippen molar-refractivity contribution in [1.82, 2.24) is 4.98 Å². The first-order chi connectivity index (χ1) is 8.56. The summed E-state index contributed by atoms with van der Waals surface area (Å²) in [6.45, 7) is 1.68. The molecule has 0 radical (unpaired) electrons. The predicted molar refractivity (Wildman–Crippen MR) is 67.5 cm³/mol. The van der Waals surface area contributed by atoms with Gasteiger partial charge in [0, 0.05) is 11.1 Å². The lowest BCUT2D eigenvalue weighted by Gasteiger charge is -2.07. The highest BCUT2D eigenvalue weighted by molar-refractivity contribution is 6.30.